The zero-order valence-corrected chi connectivity index (χ0v) is 10.7. The number of carbonyl (C=O) groups excluding carboxylic acids is 1. The summed E-state index contributed by atoms with van der Waals surface area (Å²) in [4.78, 5) is 10.7. The first-order valence-corrected chi connectivity index (χ1v) is 6.54. The van der Waals surface area contributed by atoms with E-state index in [9.17, 15) is 4.79 Å². The van der Waals surface area contributed by atoms with E-state index in [4.69, 9.17) is 13.3 Å². The zero-order chi connectivity index (χ0) is 11.7. The van der Waals surface area contributed by atoms with Crippen LogP contribution < -0.4 is 5.32 Å². The summed E-state index contributed by atoms with van der Waals surface area (Å²) in [6.45, 7) is 0.511. The van der Waals surface area contributed by atoms with Crippen LogP contribution in [0.5, 0.6) is 0 Å². The topological polar surface area (TPSA) is 66.0 Å². The van der Waals surface area contributed by atoms with Crippen molar-refractivity contribution in [3.05, 3.63) is 0 Å². The first-order chi connectivity index (χ1) is 7.14. The largest absolute Gasteiger partial charge is 0.500 e. The lowest BCUT2D eigenvalue weighted by atomic mass is 10.5. The van der Waals surface area contributed by atoms with Crippen LogP contribution in [0.1, 0.15) is 6.42 Å². The van der Waals surface area contributed by atoms with Gasteiger partial charge in [0.2, 0.25) is 0 Å². The molecule has 0 bridgehead atoms. The van der Waals surface area contributed by atoms with Crippen LogP contribution >= 0.6 is 0 Å². The predicted molar refractivity (Wildman–Crippen MR) is 56.6 cm³/mol. The van der Waals surface area contributed by atoms with E-state index >= 15 is 0 Å². The van der Waals surface area contributed by atoms with Gasteiger partial charge in [0.15, 0.2) is 0 Å². The van der Waals surface area contributed by atoms with Gasteiger partial charge in [-0.2, -0.15) is 0 Å². The van der Waals surface area contributed by atoms with Gasteiger partial charge in [-0.1, -0.05) is 0 Å². The molecule has 0 aliphatic heterocycles. The van der Waals surface area contributed by atoms with Crippen molar-refractivity contribution in [2.24, 2.45) is 0 Å². The van der Waals surface area contributed by atoms with Crippen molar-refractivity contribution in [1.82, 2.24) is 5.32 Å². The first-order valence-electron chi connectivity index (χ1n) is 4.61. The van der Waals surface area contributed by atoms with Gasteiger partial charge in [0, 0.05) is 33.9 Å². The molecule has 0 radical (unpaired) electrons. The fourth-order valence-corrected chi connectivity index (χ4v) is 2.85. The quantitative estimate of drug-likeness (QED) is 0.519. The highest BCUT2D eigenvalue weighted by Crippen LogP contribution is 2.14. The van der Waals surface area contributed by atoms with Gasteiger partial charge >= 0.3 is 14.9 Å². The van der Waals surface area contributed by atoms with Crippen LogP contribution in [-0.2, 0) is 18.0 Å². The van der Waals surface area contributed by atoms with Crippen molar-refractivity contribution >= 4 is 14.9 Å². The van der Waals surface area contributed by atoms with Crippen LogP contribution in [0, 0.1) is 0 Å². The monoisotopic (exact) mass is 237 g/mol. The van der Waals surface area contributed by atoms with Crippen LogP contribution in [0.25, 0.3) is 0 Å². The average Bonchev–Trinajstić information content (AvgIpc) is 2.30. The third-order valence-corrected chi connectivity index (χ3v) is 4.88. The molecule has 0 rings (SSSR count). The summed E-state index contributed by atoms with van der Waals surface area (Å²) in [6.07, 6.45) is 0.283. The fourth-order valence-electron chi connectivity index (χ4n) is 1.12. The molecule has 0 saturated carbocycles. The summed E-state index contributed by atoms with van der Waals surface area (Å²) >= 11 is 0. The Balaban J connectivity index is 3.76. The van der Waals surface area contributed by atoms with E-state index in [1.165, 1.54) is 7.11 Å². The van der Waals surface area contributed by atoms with Crippen LogP contribution in [0.3, 0.4) is 0 Å². The summed E-state index contributed by atoms with van der Waals surface area (Å²) in [5, 5.41) is 2.57. The summed E-state index contributed by atoms with van der Waals surface area (Å²) in [5.41, 5.74) is 0. The lowest BCUT2D eigenvalue weighted by Crippen LogP contribution is -2.43. The number of amides is 1. The molecule has 0 aromatic heterocycles. The third kappa shape index (κ3) is 5.12. The predicted octanol–water partition coefficient (Wildman–Crippen LogP) is 0.611. The molecule has 15 heavy (non-hydrogen) atoms. The number of carbonyl (C=O) groups is 1. The molecular weight excluding hydrogens is 218 g/mol. The van der Waals surface area contributed by atoms with E-state index in [1.807, 2.05) is 0 Å². The fraction of sp³-hybridized carbons (Fsp3) is 0.875. The molecule has 1 amide bonds. The molecule has 90 valence electrons. The smallest absolute Gasteiger partial charge is 0.453 e. The van der Waals surface area contributed by atoms with Crippen molar-refractivity contribution in [1.29, 1.82) is 0 Å². The maximum absolute atomic E-state index is 10.7. The van der Waals surface area contributed by atoms with Crippen molar-refractivity contribution in [2.75, 3.05) is 35.0 Å². The van der Waals surface area contributed by atoms with E-state index < -0.39 is 14.9 Å². The Kier molecular flexibility index (Phi) is 7.31. The van der Waals surface area contributed by atoms with Gasteiger partial charge in [0.1, 0.15) is 0 Å². The minimum absolute atomic E-state index is 0.436. The van der Waals surface area contributed by atoms with E-state index in [2.05, 4.69) is 10.1 Å². The Labute approximate surface area is 91.2 Å². The van der Waals surface area contributed by atoms with Gasteiger partial charge in [-0.3, -0.25) is 0 Å². The molecule has 0 atom stereocenters. The van der Waals surface area contributed by atoms with E-state index in [1.54, 1.807) is 21.3 Å². The maximum atomic E-state index is 10.7. The van der Waals surface area contributed by atoms with Crippen molar-refractivity contribution in [2.45, 2.75) is 12.5 Å². The van der Waals surface area contributed by atoms with E-state index in [0.29, 0.717) is 12.6 Å². The van der Waals surface area contributed by atoms with Crippen molar-refractivity contribution in [3.63, 3.8) is 0 Å². The second-order valence-corrected chi connectivity index (χ2v) is 5.91. The normalized spacial score (nSPS) is 11.2. The number of nitrogens with one attached hydrogen (secondary N) is 1. The van der Waals surface area contributed by atoms with Crippen LogP contribution in [0.4, 0.5) is 4.79 Å². The molecular formula is C8H19NO5Si. The van der Waals surface area contributed by atoms with Gasteiger partial charge in [-0.15, -0.1) is 0 Å². The van der Waals surface area contributed by atoms with Crippen molar-refractivity contribution in [3.8, 4) is 0 Å². The molecule has 0 aliphatic carbocycles. The molecule has 0 spiro atoms. The average molecular weight is 237 g/mol. The molecule has 0 aromatic rings. The molecule has 6 nitrogen and oxygen atoms in total. The minimum atomic E-state index is -2.49. The molecule has 0 aromatic carbocycles. The summed E-state index contributed by atoms with van der Waals surface area (Å²) < 4.78 is 20.1. The summed E-state index contributed by atoms with van der Waals surface area (Å²) in [5.74, 6) is 0. The molecule has 0 fully saturated rings. The third-order valence-electron chi connectivity index (χ3n) is 2.05. The molecule has 0 heterocycles. The Hall–Kier alpha value is -0.633. The second kappa shape index (κ2) is 7.63. The Bertz CT molecular complexity index is 178. The summed E-state index contributed by atoms with van der Waals surface area (Å²) in [7, 11) is 3.52. The minimum Gasteiger partial charge on any atom is -0.453 e. The molecule has 0 aliphatic rings. The highest BCUT2D eigenvalue weighted by atomic mass is 28.4. The van der Waals surface area contributed by atoms with Crippen LogP contribution in [-0.4, -0.2) is 49.9 Å². The highest BCUT2D eigenvalue weighted by Gasteiger charge is 2.36. The SMILES string of the molecule is COC(=O)NCCC[Si](OC)(OC)OC. The van der Waals surface area contributed by atoms with E-state index in [0.717, 1.165) is 6.42 Å². The second-order valence-electron chi connectivity index (χ2n) is 2.82. The van der Waals surface area contributed by atoms with Gasteiger partial charge < -0.3 is 23.3 Å². The van der Waals surface area contributed by atoms with Crippen molar-refractivity contribution < 1.29 is 22.8 Å². The lowest BCUT2D eigenvalue weighted by Gasteiger charge is -2.24. The number of methoxy groups -OCH3 is 1. The van der Waals surface area contributed by atoms with Gasteiger partial charge in [-0.05, 0) is 6.42 Å². The number of hydrogen-bond acceptors (Lipinski definition) is 5. The number of rotatable bonds is 7. The Morgan fingerprint density at radius 2 is 1.67 bits per heavy atom. The maximum Gasteiger partial charge on any atom is 0.500 e. The lowest BCUT2D eigenvalue weighted by molar-refractivity contribution is 0.122. The number of hydrogen-bond donors (Lipinski definition) is 1. The van der Waals surface area contributed by atoms with Gasteiger partial charge in [-0.25, -0.2) is 4.79 Å². The standard InChI is InChI=1S/C8H19NO5Si/c1-11-8(10)9-6-5-7-15(12-2,13-3)14-4/h5-7H2,1-4H3,(H,9,10). The highest BCUT2D eigenvalue weighted by molar-refractivity contribution is 6.60. The molecule has 0 saturated heterocycles. The Morgan fingerprint density at radius 3 is 2.07 bits per heavy atom. The van der Waals surface area contributed by atoms with Crippen LogP contribution in [0.15, 0.2) is 0 Å². The summed E-state index contributed by atoms with van der Waals surface area (Å²) in [6, 6.07) is 0.653. The van der Waals surface area contributed by atoms with E-state index in [-0.39, 0.29) is 0 Å². The molecule has 7 heteroatoms. The van der Waals surface area contributed by atoms with Gasteiger partial charge in [0.25, 0.3) is 0 Å². The zero-order valence-electron chi connectivity index (χ0n) is 9.66. The molecule has 1 N–H and O–H groups in total. The molecule has 0 unspecified atom stereocenters. The first kappa shape index (κ1) is 14.4. The Morgan fingerprint density at radius 1 is 1.13 bits per heavy atom. The van der Waals surface area contributed by atoms with Crippen LogP contribution in [0.2, 0.25) is 6.04 Å². The van der Waals surface area contributed by atoms with Gasteiger partial charge in [0.05, 0.1) is 7.11 Å². The number of ether oxygens (including phenoxy) is 1. The number of alkyl carbamates (subject to hydrolysis) is 1.